The lowest BCUT2D eigenvalue weighted by Crippen LogP contribution is -2.58. The predicted octanol–water partition coefficient (Wildman–Crippen LogP) is 2.97. The molecule has 1 N–H and O–H groups in total. The second-order valence-corrected chi connectivity index (χ2v) is 7.08. The molecule has 1 aromatic rings. The quantitative estimate of drug-likeness (QED) is 0.906. The standard InChI is InChI=1S/C17H23NO5/c1-15(2,3)23-14(21)18-16(4,5)22-11-17(18,13(19)20)12-9-7-6-8-10-12/h6-10H,11H2,1-5H3,(H,19,20). The van der Waals surface area contributed by atoms with Crippen LogP contribution in [0.2, 0.25) is 0 Å². The zero-order valence-electron chi connectivity index (χ0n) is 14.1. The molecule has 0 aliphatic carbocycles. The summed E-state index contributed by atoms with van der Waals surface area (Å²) in [5.41, 5.74) is -2.98. The highest BCUT2D eigenvalue weighted by Gasteiger charge is 2.61. The third kappa shape index (κ3) is 3.03. The van der Waals surface area contributed by atoms with Crippen LogP contribution in [0.5, 0.6) is 0 Å². The van der Waals surface area contributed by atoms with Crippen LogP contribution in [-0.2, 0) is 19.8 Å². The minimum Gasteiger partial charge on any atom is -0.479 e. The summed E-state index contributed by atoms with van der Waals surface area (Å²) in [6.45, 7) is 8.38. The third-order valence-corrected chi connectivity index (χ3v) is 3.74. The Morgan fingerprint density at radius 3 is 2.26 bits per heavy atom. The molecule has 23 heavy (non-hydrogen) atoms. The molecule has 1 unspecified atom stereocenters. The van der Waals surface area contributed by atoms with E-state index >= 15 is 0 Å². The van der Waals surface area contributed by atoms with Gasteiger partial charge in [0.15, 0.2) is 5.54 Å². The molecule has 6 nitrogen and oxygen atoms in total. The van der Waals surface area contributed by atoms with Crippen LogP contribution in [0, 0.1) is 0 Å². The fraction of sp³-hybridized carbons (Fsp3) is 0.529. The number of aliphatic carboxylic acids is 1. The van der Waals surface area contributed by atoms with E-state index in [9.17, 15) is 14.7 Å². The number of carbonyl (C=O) groups excluding carboxylic acids is 1. The molecule has 2 rings (SSSR count). The Labute approximate surface area is 136 Å². The van der Waals surface area contributed by atoms with Crippen molar-refractivity contribution in [2.45, 2.75) is 51.5 Å². The number of hydrogen-bond acceptors (Lipinski definition) is 4. The van der Waals surface area contributed by atoms with Crippen LogP contribution in [0.4, 0.5) is 4.79 Å². The first kappa shape index (κ1) is 17.3. The second-order valence-electron chi connectivity index (χ2n) is 7.08. The van der Waals surface area contributed by atoms with Gasteiger partial charge in [0.2, 0.25) is 0 Å². The number of nitrogens with zero attached hydrogens (tertiary/aromatic N) is 1. The van der Waals surface area contributed by atoms with Gasteiger partial charge in [0.25, 0.3) is 0 Å². The Balaban J connectivity index is 2.57. The van der Waals surface area contributed by atoms with Gasteiger partial charge in [-0.15, -0.1) is 0 Å². The number of carboxylic acids is 1. The average molecular weight is 321 g/mol. The lowest BCUT2D eigenvalue weighted by atomic mass is 9.89. The molecular weight excluding hydrogens is 298 g/mol. The molecule has 6 heteroatoms. The molecule has 1 fully saturated rings. The summed E-state index contributed by atoms with van der Waals surface area (Å²) in [5.74, 6) is -1.15. The number of carbonyl (C=O) groups is 2. The number of benzene rings is 1. The van der Waals surface area contributed by atoms with Crippen molar-refractivity contribution in [1.82, 2.24) is 4.90 Å². The second kappa shape index (κ2) is 5.53. The molecule has 1 aromatic carbocycles. The van der Waals surface area contributed by atoms with Crippen LogP contribution in [0.3, 0.4) is 0 Å². The van der Waals surface area contributed by atoms with Crippen molar-refractivity contribution in [2.75, 3.05) is 6.61 Å². The third-order valence-electron chi connectivity index (χ3n) is 3.74. The van der Waals surface area contributed by atoms with Gasteiger partial charge in [0, 0.05) is 0 Å². The normalized spacial score (nSPS) is 23.6. The first-order valence-corrected chi connectivity index (χ1v) is 7.47. The lowest BCUT2D eigenvalue weighted by molar-refractivity contribution is -0.152. The van der Waals surface area contributed by atoms with Gasteiger partial charge in [-0.25, -0.2) is 9.59 Å². The molecule has 1 saturated heterocycles. The van der Waals surface area contributed by atoms with E-state index in [1.54, 1.807) is 65.0 Å². The maximum atomic E-state index is 12.7. The van der Waals surface area contributed by atoms with Gasteiger partial charge in [-0.2, -0.15) is 0 Å². The van der Waals surface area contributed by atoms with Crippen LogP contribution in [0.15, 0.2) is 30.3 Å². The van der Waals surface area contributed by atoms with Crippen LogP contribution >= 0.6 is 0 Å². The zero-order valence-corrected chi connectivity index (χ0v) is 14.1. The summed E-state index contributed by atoms with van der Waals surface area (Å²) in [6.07, 6.45) is -0.716. The largest absolute Gasteiger partial charge is 0.479 e. The molecular formula is C17H23NO5. The van der Waals surface area contributed by atoms with Crippen LogP contribution in [0.1, 0.15) is 40.2 Å². The molecule has 0 radical (unpaired) electrons. The van der Waals surface area contributed by atoms with Gasteiger partial charge >= 0.3 is 12.1 Å². The molecule has 0 spiro atoms. The Kier molecular flexibility index (Phi) is 4.15. The topological polar surface area (TPSA) is 76.1 Å². The highest BCUT2D eigenvalue weighted by molar-refractivity contribution is 5.87. The number of ether oxygens (including phenoxy) is 2. The van der Waals surface area contributed by atoms with Crippen molar-refractivity contribution < 1.29 is 24.2 Å². The van der Waals surface area contributed by atoms with Crippen molar-refractivity contribution in [1.29, 1.82) is 0 Å². The molecule has 1 heterocycles. The molecule has 0 aromatic heterocycles. The summed E-state index contributed by atoms with van der Waals surface area (Å²) >= 11 is 0. The summed E-state index contributed by atoms with van der Waals surface area (Å²) in [7, 11) is 0. The first-order valence-electron chi connectivity index (χ1n) is 7.47. The van der Waals surface area contributed by atoms with Crippen LogP contribution in [-0.4, -0.2) is 40.0 Å². The summed E-state index contributed by atoms with van der Waals surface area (Å²) in [5, 5.41) is 9.94. The lowest BCUT2D eigenvalue weighted by Gasteiger charge is -2.40. The average Bonchev–Trinajstić information content (AvgIpc) is 2.70. The SMILES string of the molecule is CC(C)(C)OC(=O)N1C(C)(C)OCC1(C(=O)O)c1ccccc1. The van der Waals surface area contributed by atoms with E-state index in [0.717, 1.165) is 0 Å². The summed E-state index contributed by atoms with van der Waals surface area (Å²) in [4.78, 5) is 26.1. The van der Waals surface area contributed by atoms with E-state index in [2.05, 4.69) is 0 Å². The smallest absolute Gasteiger partial charge is 0.413 e. The van der Waals surface area contributed by atoms with Crippen molar-refractivity contribution in [3.63, 3.8) is 0 Å². The Morgan fingerprint density at radius 1 is 1.22 bits per heavy atom. The Bertz CT molecular complexity index is 605. The number of rotatable bonds is 2. The highest BCUT2D eigenvalue weighted by Crippen LogP contribution is 2.43. The maximum Gasteiger partial charge on any atom is 0.413 e. The maximum absolute atomic E-state index is 12.7. The van der Waals surface area contributed by atoms with E-state index in [0.29, 0.717) is 5.56 Å². The first-order chi connectivity index (χ1) is 10.5. The molecule has 126 valence electrons. The van der Waals surface area contributed by atoms with E-state index in [4.69, 9.17) is 9.47 Å². The van der Waals surface area contributed by atoms with Gasteiger partial charge in [-0.1, -0.05) is 30.3 Å². The highest BCUT2D eigenvalue weighted by atomic mass is 16.6. The molecule has 1 aliphatic heterocycles. The van der Waals surface area contributed by atoms with Gasteiger partial charge < -0.3 is 14.6 Å². The fourth-order valence-corrected chi connectivity index (χ4v) is 2.76. The number of carboxylic acid groups (broad SMARTS) is 1. The Hall–Kier alpha value is -2.08. The summed E-state index contributed by atoms with van der Waals surface area (Å²) < 4.78 is 11.1. The van der Waals surface area contributed by atoms with Gasteiger partial charge in [0.05, 0.1) is 6.61 Å². The number of hydrogen-bond donors (Lipinski definition) is 1. The van der Waals surface area contributed by atoms with Crippen molar-refractivity contribution >= 4 is 12.1 Å². The van der Waals surface area contributed by atoms with Gasteiger partial charge in [-0.3, -0.25) is 4.90 Å². The van der Waals surface area contributed by atoms with Crippen molar-refractivity contribution in [3.05, 3.63) is 35.9 Å². The fourth-order valence-electron chi connectivity index (χ4n) is 2.76. The minimum absolute atomic E-state index is 0.140. The van der Waals surface area contributed by atoms with E-state index in [1.807, 2.05) is 0 Å². The molecule has 1 atom stereocenters. The van der Waals surface area contributed by atoms with Crippen LogP contribution < -0.4 is 0 Å². The van der Waals surface area contributed by atoms with E-state index < -0.39 is 28.9 Å². The summed E-state index contributed by atoms with van der Waals surface area (Å²) in [6, 6.07) is 8.61. The van der Waals surface area contributed by atoms with Gasteiger partial charge in [0.1, 0.15) is 11.3 Å². The zero-order chi connectivity index (χ0) is 17.5. The predicted molar refractivity (Wildman–Crippen MR) is 83.9 cm³/mol. The van der Waals surface area contributed by atoms with Crippen molar-refractivity contribution in [2.24, 2.45) is 0 Å². The van der Waals surface area contributed by atoms with Crippen molar-refractivity contribution in [3.8, 4) is 0 Å². The van der Waals surface area contributed by atoms with Crippen LogP contribution in [0.25, 0.3) is 0 Å². The molecule has 0 saturated carbocycles. The molecule has 1 aliphatic rings. The minimum atomic E-state index is -1.62. The van der Waals surface area contributed by atoms with E-state index in [1.165, 1.54) is 4.90 Å². The van der Waals surface area contributed by atoms with E-state index in [-0.39, 0.29) is 6.61 Å². The number of amides is 1. The molecule has 0 bridgehead atoms. The molecule has 1 amide bonds. The Morgan fingerprint density at radius 2 is 1.78 bits per heavy atom. The monoisotopic (exact) mass is 321 g/mol. The van der Waals surface area contributed by atoms with Gasteiger partial charge in [-0.05, 0) is 40.2 Å².